The fourth-order valence-corrected chi connectivity index (χ4v) is 1.98. The molecule has 2 aromatic carbocycles. The molecular weight excluding hydrogens is 338 g/mol. The van der Waals surface area contributed by atoms with Crippen LogP contribution in [-0.2, 0) is 9.59 Å². The summed E-state index contributed by atoms with van der Waals surface area (Å²) in [6, 6.07) is 9.94. The average Bonchev–Trinajstić information content (AvgIpc) is 2.55. The molecular formula is C17H13ClF2N2O2. The van der Waals surface area contributed by atoms with Crippen LogP contribution in [0.5, 0.6) is 0 Å². The van der Waals surface area contributed by atoms with Gasteiger partial charge in [-0.1, -0.05) is 29.8 Å². The Morgan fingerprint density at radius 3 is 2.54 bits per heavy atom. The van der Waals surface area contributed by atoms with Gasteiger partial charge in [0.25, 0.3) is 0 Å². The van der Waals surface area contributed by atoms with Gasteiger partial charge in [-0.05, 0) is 29.8 Å². The number of halogens is 3. The van der Waals surface area contributed by atoms with Crippen LogP contribution in [0.3, 0.4) is 0 Å². The summed E-state index contributed by atoms with van der Waals surface area (Å²) in [5.41, 5.74) is 0.764. The molecule has 124 valence electrons. The monoisotopic (exact) mass is 350 g/mol. The standard InChI is InChI=1S/C17H13ClF2N2O2/c18-13-4-2-1-3-11(13)5-8-16(23)21-10-17(24)22-12-6-7-14(19)15(20)9-12/h1-9H,10H2,(H,21,23)(H,22,24)/b8-5+. The van der Waals surface area contributed by atoms with E-state index in [1.54, 1.807) is 24.3 Å². The van der Waals surface area contributed by atoms with Crippen LogP contribution in [0.2, 0.25) is 5.02 Å². The van der Waals surface area contributed by atoms with Crippen LogP contribution in [0.25, 0.3) is 6.08 Å². The Labute approximate surface area is 142 Å². The van der Waals surface area contributed by atoms with Gasteiger partial charge in [0, 0.05) is 22.9 Å². The highest BCUT2D eigenvalue weighted by molar-refractivity contribution is 6.32. The van der Waals surface area contributed by atoms with E-state index in [1.165, 1.54) is 18.2 Å². The van der Waals surface area contributed by atoms with Gasteiger partial charge in [0.05, 0.1) is 6.54 Å². The van der Waals surface area contributed by atoms with Crippen LogP contribution in [0, 0.1) is 11.6 Å². The number of hydrogen-bond acceptors (Lipinski definition) is 2. The van der Waals surface area contributed by atoms with Crippen LogP contribution in [0.15, 0.2) is 48.5 Å². The minimum Gasteiger partial charge on any atom is -0.343 e. The van der Waals surface area contributed by atoms with E-state index in [9.17, 15) is 18.4 Å². The van der Waals surface area contributed by atoms with E-state index in [0.29, 0.717) is 10.6 Å². The minimum absolute atomic E-state index is 0.0970. The molecule has 0 saturated heterocycles. The summed E-state index contributed by atoms with van der Waals surface area (Å²) < 4.78 is 25.8. The van der Waals surface area contributed by atoms with Crippen LogP contribution in [-0.4, -0.2) is 18.4 Å². The molecule has 2 aromatic rings. The number of anilines is 1. The molecule has 0 aliphatic carbocycles. The van der Waals surface area contributed by atoms with Crippen molar-refractivity contribution < 1.29 is 18.4 Å². The van der Waals surface area contributed by atoms with E-state index >= 15 is 0 Å². The van der Waals surface area contributed by atoms with Crippen molar-refractivity contribution >= 4 is 35.2 Å². The summed E-state index contributed by atoms with van der Waals surface area (Å²) >= 11 is 5.94. The van der Waals surface area contributed by atoms with Gasteiger partial charge < -0.3 is 10.6 Å². The van der Waals surface area contributed by atoms with E-state index in [0.717, 1.165) is 12.1 Å². The number of nitrogens with one attached hydrogen (secondary N) is 2. The lowest BCUT2D eigenvalue weighted by Crippen LogP contribution is -2.31. The number of amides is 2. The molecule has 0 aromatic heterocycles. The van der Waals surface area contributed by atoms with Crippen molar-refractivity contribution in [1.29, 1.82) is 0 Å². The summed E-state index contributed by atoms with van der Waals surface area (Å²) in [4.78, 5) is 23.3. The molecule has 0 aliphatic rings. The van der Waals surface area contributed by atoms with Gasteiger partial charge in [0.2, 0.25) is 11.8 Å². The van der Waals surface area contributed by atoms with Crippen LogP contribution in [0.4, 0.5) is 14.5 Å². The van der Waals surface area contributed by atoms with E-state index in [4.69, 9.17) is 11.6 Å². The van der Waals surface area contributed by atoms with Crippen molar-refractivity contribution in [3.8, 4) is 0 Å². The molecule has 4 nitrogen and oxygen atoms in total. The van der Waals surface area contributed by atoms with Gasteiger partial charge in [-0.2, -0.15) is 0 Å². The SMILES string of the molecule is O=C(/C=C/c1ccccc1Cl)NCC(=O)Nc1ccc(F)c(F)c1. The Morgan fingerprint density at radius 2 is 1.83 bits per heavy atom. The lowest BCUT2D eigenvalue weighted by atomic mass is 10.2. The fraction of sp³-hybridized carbons (Fsp3) is 0.0588. The quantitative estimate of drug-likeness (QED) is 0.812. The summed E-state index contributed by atoms with van der Waals surface area (Å²) in [5.74, 6) is -3.14. The molecule has 0 fully saturated rings. The first-order chi connectivity index (χ1) is 11.5. The maximum atomic E-state index is 13.0. The van der Waals surface area contributed by atoms with E-state index < -0.39 is 23.4 Å². The average molecular weight is 351 g/mol. The maximum Gasteiger partial charge on any atom is 0.244 e. The maximum absolute atomic E-state index is 13.0. The second kappa shape index (κ2) is 8.21. The smallest absolute Gasteiger partial charge is 0.244 e. The lowest BCUT2D eigenvalue weighted by Gasteiger charge is -2.06. The molecule has 24 heavy (non-hydrogen) atoms. The predicted molar refractivity (Wildman–Crippen MR) is 88.5 cm³/mol. The number of carbonyl (C=O) groups is 2. The van der Waals surface area contributed by atoms with Crippen molar-refractivity contribution in [2.75, 3.05) is 11.9 Å². The second-order valence-electron chi connectivity index (χ2n) is 4.75. The summed E-state index contributed by atoms with van der Waals surface area (Å²) in [6.45, 7) is -0.315. The predicted octanol–water partition coefficient (Wildman–Crippen LogP) is 3.39. The molecule has 7 heteroatoms. The van der Waals surface area contributed by atoms with E-state index in [1.807, 2.05) is 0 Å². The molecule has 0 radical (unpaired) electrons. The summed E-state index contributed by atoms with van der Waals surface area (Å²) in [6.07, 6.45) is 2.76. The van der Waals surface area contributed by atoms with Gasteiger partial charge in [-0.3, -0.25) is 9.59 Å². The third kappa shape index (κ3) is 5.17. The zero-order valence-electron chi connectivity index (χ0n) is 12.4. The molecule has 2 amide bonds. The minimum atomic E-state index is -1.07. The van der Waals surface area contributed by atoms with Gasteiger partial charge in [0.15, 0.2) is 11.6 Å². The van der Waals surface area contributed by atoms with E-state index in [2.05, 4.69) is 10.6 Å². The van der Waals surface area contributed by atoms with E-state index in [-0.39, 0.29) is 12.2 Å². The van der Waals surface area contributed by atoms with Crippen LogP contribution in [0.1, 0.15) is 5.56 Å². The highest BCUT2D eigenvalue weighted by atomic mass is 35.5. The highest BCUT2D eigenvalue weighted by Gasteiger charge is 2.07. The zero-order valence-corrected chi connectivity index (χ0v) is 13.1. The van der Waals surface area contributed by atoms with Gasteiger partial charge in [0.1, 0.15) is 0 Å². The first-order valence-corrected chi connectivity index (χ1v) is 7.29. The topological polar surface area (TPSA) is 58.2 Å². The Bertz CT molecular complexity index is 794. The fourth-order valence-electron chi connectivity index (χ4n) is 1.78. The number of rotatable bonds is 5. The van der Waals surface area contributed by atoms with Gasteiger partial charge in [-0.25, -0.2) is 8.78 Å². The lowest BCUT2D eigenvalue weighted by molar-refractivity contribution is -0.121. The molecule has 0 atom stereocenters. The van der Waals surface area contributed by atoms with Crippen molar-refractivity contribution in [3.63, 3.8) is 0 Å². The summed E-state index contributed by atoms with van der Waals surface area (Å²) in [7, 11) is 0. The second-order valence-corrected chi connectivity index (χ2v) is 5.16. The largest absolute Gasteiger partial charge is 0.343 e. The molecule has 0 heterocycles. The molecule has 2 rings (SSSR count). The van der Waals surface area contributed by atoms with Crippen LogP contribution < -0.4 is 10.6 Å². The van der Waals surface area contributed by atoms with Crippen molar-refractivity contribution in [2.24, 2.45) is 0 Å². The number of hydrogen-bond donors (Lipinski definition) is 2. The molecule has 0 spiro atoms. The van der Waals surface area contributed by atoms with Gasteiger partial charge in [-0.15, -0.1) is 0 Å². The van der Waals surface area contributed by atoms with Crippen molar-refractivity contribution in [2.45, 2.75) is 0 Å². The zero-order chi connectivity index (χ0) is 17.5. The Balaban J connectivity index is 1.84. The highest BCUT2D eigenvalue weighted by Crippen LogP contribution is 2.16. The van der Waals surface area contributed by atoms with Crippen molar-refractivity contribution in [3.05, 3.63) is 70.8 Å². The van der Waals surface area contributed by atoms with Crippen LogP contribution >= 0.6 is 11.6 Å². The third-order valence-corrected chi connectivity index (χ3v) is 3.29. The Hall–Kier alpha value is -2.73. The molecule has 0 bridgehead atoms. The molecule has 0 saturated carbocycles. The molecule has 0 aliphatic heterocycles. The molecule has 2 N–H and O–H groups in total. The summed E-state index contributed by atoms with van der Waals surface area (Å²) in [5, 5.41) is 5.21. The van der Waals surface area contributed by atoms with Gasteiger partial charge >= 0.3 is 0 Å². The molecule has 0 unspecified atom stereocenters. The number of benzene rings is 2. The first-order valence-electron chi connectivity index (χ1n) is 6.91. The van der Waals surface area contributed by atoms with Crippen molar-refractivity contribution in [1.82, 2.24) is 5.32 Å². The third-order valence-electron chi connectivity index (χ3n) is 2.95. The first kappa shape index (κ1) is 17.6. The number of carbonyl (C=O) groups excluding carboxylic acids is 2. The Kier molecular flexibility index (Phi) is 6.03. The normalized spacial score (nSPS) is 10.6. The Morgan fingerprint density at radius 1 is 1.08 bits per heavy atom.